The van der Waals surface area contributed by atoms with E-state index >= 15 is 0 Å². The van der Waals surface area contributed by atoms with Crippen LogP contribution in [0.5, 0.6) is 0 Å². The Balaban J connectivity index is 2.35. The number of hydrogen-bond acceptors (Lipinski definition) is 0. The highest BCUT2D eigenvalue weighted by Crippen LogP contribution is 2.66. The van der Waals surface area contributed by atoms with Crippen LogP contribution in [0.15, 0.2) is 53.4 Å². The maximum Gasteiger partial charge on any atom is 0.0897 e. The van der Waals surface area contributed by atoms with Crippen molar-refractivity contribution in [2.75, 3.05) is 0 Å². The Labute approximate surface area is 127 Å². The standard InChI is InChI=1S/C18H20F2S/c1-18(2,3)17-14-9-5-4-8-13(14)12-21(19,20)16-11-7-6-10-15(16)17/h4-11,17H,12H2,1-3H3. The van der Waals surface area contributed by atoms with E-state index in [1.165, 1.54) is 0 Å². The quantitative estimate of drug-likeness (QED) is 0.535. The molecule has 0 fully saturated rings. The van der Waals surface area contributed by atoms with Gasteiger partial charge in [0.05, 0.1) is 21.4 Å². The minimum Gasteiger partial charge on any atom is -0.153 e. The molecule has 0 aromatic heterocycles. The summed E-state index contributed by atoms with van der Waals surface area (Å²) in [5, 5.41) is 0. The van der Waals surface area contributed by atoms with Crippen LogP contribution in [0.1, 0.15) is 43.4 Å². The van der Waals surface area contributed by atoms with E-state index in [4.69, 9.17) is 0 Å². The first kappa shape index (κ1) is 14.6. The van der Waals surface area contributed by atoms with Crippen molar-refractivity contribution in [3.63, 3.8) is 0 Å². The molecule has 0 aliphatic carbocycles. The highest BCUT2D eigenvalue weighted by molar-refractivity contribution is 8.24. The summed E-state index contributed by atoms with van der Waals surface area (Å²) in [6.07, 6.45) is 0. The van der Waals surface area contributed by atoms with Crippen molar-refractivity contribution in [3.05, 3.63) is 65.2 Å². The number of hydrogen-bond donors (Lipinski definition) is 0. The normalized spacial score (nSPS) is 21.9. The van der Waals surface area contributed by atoms with Crippen LogP contribution in [0.25, 0.3) is 0 Å². The highest BCUT2D eigenvalue weighted by atomic mass is 32.3. The van der Waals surface area contributed by atoms with Crippen LogP contribution < -0.4 is 0 Å². The average Bonchev–Trinajstić information content (AvgIpc) is 2.49. The summed E-state index contributed by atoms with van der Waals surface area (Å²) >= 11 is 0. The first-order valence-electron chi connectivity index (χ1n) is 7.18. The van der Waals surface area contributed by atoms with Crippen LogP contribution in [0, 0.1) is 5.41 Å². The molecule has 3 rings (SSSR count). The molecule has 112 valence electrons. The molecule has 1 atom stereocenters. The van der Waals surface area contributed by atoms with Gasteiger partial charge in [0.1, 0.15) is 0 Å². The lowest BCUT2D eigenvalue weighted by atomic mass is 9.71. The van der Waals surface area contributed by atoms with Crippen LogP contribution >= 0.6 is 10.8 Å². The predicted molar refractivity (Wildman–Crippen MR) is 86.0 cm³/mol. The van der Waals surface area contributed by atoms with Crippen LogP contribution in [-0.2, 0) is 5.75 Å². The van der Waals surface area contributed by atoms with E-state index in [1.54, 1.807) is 12.1 Å². The molecule has 0 saturated heterocycles. The molecule has 2 aromatic rings. The van der Waals surface area contributed by atoms with Gasteiger partial charge < -0.3 is 0 Å². The van der Waals surface area contributed by atoms with Crippen molar-refractivity contribution in [1.82, 2.24) is 0 Å². The van der Waals surface area contributed by atoms with E-state index in [-0.39, 0.29) is 22.0 Å². The fourth-order valence-corrected chi connectivity index (χ4v) is 4.93. The Hall–Kier alpha value is -1.35. The minimum atomic E-state index is -3.79. The molecule has 0 spiro atoms. The van der Waals surface area contributed by atoms with Crippen molar-refractivity contribution in [3.8, 4) is 0 Å². The molecule has 0 N–H and O–H groups in total. The van der Waals surface area contributed by atoms with Crippen molar-refractivity contribution in [2.45, 2.75) is 37.3 Å². The van der Waals surface area contributed by atoms with Gasteiger partial charge >= 0.3 is 0 Å². The van der Waals surface area contributed by atoms with Crippen LogP contribution in [-0.4, -0.2) is 0 Å². The summed E-state index contributed by atoms with van der Waals surface area (Å²) in [6.45, 7) is 6.39. The van der Waals surface area contributed by atoms with Gasteiger partial charge in [0.2, 0.25) is 0 Å². The van der Waals surface area contributed by atoms with Gasteiger partial charge in [-0.2, -0.15) is 7.77 Å². The van der Waals surface area contributed by atoms with Gasteiger partial charge in [-0.1, -0.05) is 63.2 Å². The third-order valence-electron chi connectivity index (χ3n) is 4.12. The SMILES string of the molecule is CC(C)(C)C1c2ccccc2CS(F)(F)c2ccccc21. The summed E-state index contributed by atoms with van der Waals surface area (Å²) in [5.41, 5.74) is 2.55. The maximum atomic E-state index is 14.8. The van der Waals surface area contributed by atoms with Gasteiger partial charge in [0.15, 0.2) is 0 Å². The molecule has 0 bridgehead atoms. The molecular formula is C18H20F2S. The molecule has 0 radical (unpaired) electrons. The third-order valence-corrected chi connectivity index (χ3v) is 5.81. The van der Waals surface area contributed by atoms with Crippen LogP contribution in [0.4, 0.5) is 7.77 Å². The second-order valence-electron chi connectivity index (χ2n) is 6.76. The van der Waals surface area contributed by atoms with Gasteiger partial charge in [0, 0.05) is 5.92 Å². The zero-order chi connectivity index (χ0) is 15.3. The second kappa shape index (κ2) is 4.84. The third kappa shape index (κ3) is 2.48. The number of fused-ring (bicyclic) bond motifs is 2. The molecule has 1 aliphatic heterocycles. The van der Waals surface area contributed by atoms with E-state index < -0.39 is 10.8 Å². The molecule has 0 nitrogen and oxygen atoms in total. The Bertz CT molecular complexity index is 671. The fourth-order valence-electron chi connectivity index (χ4n) is 3.31. The van der Waals surface area contributed by atoms with Gasteiger partial charge in [-0.25, -0.2) is 0 Å². The number of halogens is 2. The van der Waals surface area contributed by atoms with Crippen molar-refractivity contribution in [1.29, 1.82) is 0 Å². The Kier molecular flexibility index (Phi) is 3.36. The Morgan fingerprint density at radius 3 is 2.14 bits per heavy atom. The predicted octanol–water partition coefficient (Wildman–Crippen LogP) is 6.31. The van der Waals surface area contributed by atoms with Crippen molar-refractivity contribution in [2.24, 2.45) is 5.41 Å². The van der Waals surface area contributed by atoms with E-state index in [2.05, 4.69) is 20.8 Å². The highest BCUT2D eigenvalue weighted by Gasteiger charge is 2.40. The van der Waals surface area contributed by atoms with Gasteiger partial charge in [0.25, 0.3) is 0 Å². The summed E-state index contributed by atoms with van der Waals surface area (Å²) in [4.78, 5) is 0.265. The Morgan fingerprint density at radius 2 is 1.48 bits per heavy atom. The second-order valence-corrected chi connectivity index (χ2v) is 8.63. The summed E-state index contributed by atoms with van der Waals surface area (Å²) in [5.74, 6) is -0.127. The van der Waals surface area contributed by atoms with E-state index in [0.717, 1.165) is 16.7 Å². The van der Waals surface area contributed by atoms with Gasteiger partial charge in [-0.15, -0.1) is 0 Å². The molecule has 0 amide bonds. The van der Waals surface area contributed by atoms with E-state index in [0.29, 0.717) is 0 Å². The molecule has 1 heterocycles. The zero-order valence-corrected chi connectivity index (χ0v) is 13.4. The summed E-state index contributed by atoms with van der Waals surface area (Å²) in [7, 11) is -3.79. The number of rotatable bonds is 0. The molecule has 21 heavy (non-hydrogen) atoms. The van der Waals surface area contributed by atoms with Gasteiger partial charge in [-0.05, 0) is 28.2 Å². The first-order chi connectivity index (χ1) is 9.81. The zero-order valence-electron chi connectivity index (χ0n) is 12.6. The smallest absolute Gasteiger partial charge is 0.0897 e. The lowest BCUT2D eigenvalue weighted by Gasteiger charge is -2.33. The van der Waals surface area contributed by atoms with Crippen LogP contribution in [0.2, 0.25) is 0 Å². The first-order valence-corrected chi connectivity index (χ1v) is 8.78. The maximum absolute atomic E-state index is 14.8. The van der Waals surface area contributed by atoms with Crippen molar-refractivity contribution >= 4 is 10.8 Å². The molecule has 1 aliphatic rings. The topological polar surface area (TPSA) is 0 Å². The summed E-state index contributed by atoms with van der Waals surface area (Å²) < 4.78 is 29.6. The van der Waals surface area contributed by atoms with Crippen molar-refractivity contribution < 1.29 is 7.77 Å². The van der Waals surface area contributed by atoms with Crippen LogP contribution in [0.3, 0.4) is 0 Å². The van der Waals surface area contributed by atoms with E-state index in [1.807, 2.05) is 36.4 Å². The Morgan fingerprint density at radius 1 is 0.905 bits per heavy atom. The lowest BCUT2D eigenvalue weighted by Crippen LogP contribution is -2.20. The molecular weight excluding hydrogens is 286 g/mol. The largest absolute Gasteiger partial charge is 0.153 e. The average molecular weight is 306 g/mol. The number of benzene rings is 2. The van der Waals surface area contributed by atoms with Gasteiger partial charge in [-0.3, -0.25) is 0 Å². The van der Waals surface area contributed by atoms with E-state index in [9.17, 15) is 7.77 Å². The summed E-state index contributed by atoms with van der Waals surface area (Å²) in [6, 6.07) is 14.8. The molecule has 3 heteroatoms. The minimum absolute atomic E-state index is 0.00535. The molecule has 0 saturated carbocycles. The fraction of sp³-hybridized carbons (Fsp3) is 0.333. The molecule has 1 unspecified atom stereocenters. The monoisotopic (exact) mass is 306 g/mol. The lowest BCUT2D eigenvalue weighted by molar-refractivity contribution is 0.355. The molecule has 2 aromatic carbocycles.